The van der Waals surface area contributed by atoms with Gasteiger partial charge in [0.25, 0.3) is 0 Å². The van der Waals surface area contributed by atoms with Gasteiger partial charge in [0, 0.05) is 0 Å². The summed E-state index contributed by atoms with van der Waals surface area (Å²) in [6, 6.07) is 0. The molecule has 4 nitrogen and oxygen atoms in total. The van der Waals surface area contributed by atoms with Crippen molar-refractivity contribution in [2.24, 2.45) is 0 Å². The van der Waals surface area contributed by atoms with Crippen LogP contribution in [0.4, 0.5) is 0 Å². The van der Waals surface area contributed by atoms with Crippen LogP contribution in [0.1, 0.15) is 27.7 Å². The average Bonchev–Trinajstić information content (AvgIpc) is 2.23. The minimum atomic E-state index is -0.898. The molecular weight excluding hydrogens is 208 g/mol. The molecule has 0 aromatic carbocycles. The number of rotatable bonds is 2. The second-order valence-electron chi connectivity index (χ2n) is 4.08. The lowest BCUT2D eigenvalue weighted by molar-refractivity contribution is -0.293. The predicted octanol–water partition coefficient (Wildman–Crippen LogP) is 2.09. The maximum Gasteiger partial charge on any atom is 0.158 e. The van der Waals surface area contributed by atoms with E-state index in [1.54, 1.807) is 27.7 Å². The Balaban J connectivity index is 4.34. The molecule has 0 unspecified atom stereocenters. The van der Waals surface area contributed by atoms with Crippen molar-refractivity contribution in [1.29, 1.82) is 0 Å². The smallest absolute Gasteiger partial charge is 0.158 e. The summed E-state index contributed by atoms with van der Waals surface area (Å²) in [4.78, 5) is 8.24. The van der Waals surface area contributed by atoms with E-state index < -0.39 is 11.2 Å². The fourth-order valence-electron chi connectivity index (χ4n) is 0.560. The van der Waals surface area contributed by atoms with Crippen LogP contribution >= 0.6 is 0 Å². The Bertz CT molecular complexity index is 322. The van der Waals surface area contributed by atoms with Crippen molar-refractivity contribution in [2.45, 2.75) is 38.9 Å². The summed E-state index contributed by atoms with van der Waals surface area (Å²) in [5, 5.41) is 16.9. The van der Waals surface area contributed by atoms with E-state index in [0.717, 1.165) is 0 Å². The second kappa shape index (κ2) is 6.32. The Morgan fingerprint density at radius 1 is 0.812 bits per heavy atom. The maximum absolute atomic E-state index is 8.44. The monoisotopic (exact) mass is 224 g/mol. The van der Waals surface area contributed by atoms with E-state index in [9.17, 15) is 0 Å². The Kier molecular flexibility index (Phi) is 5.81. The van der Waals surface area contributed by atoms with Crippen molar-refractivity contribution >= 4 is 0 Å². The molecule has 0 saturated carbocycles. The van der Waals surface area contributed by atoms with Crippen molar-refractivity contribution in [3.8, 4) is 23.7 Å². The van der Waals surface area contributed by atoms with Gasteiger partial charge in [0.2, 0.25) is 0 Å². The first kappa shape index (κ1) is 14.7. The van der Waals surface area contributed by atoms with Crippen LogP contribution in [0.5, 0.6) is 0 Å². The van der Waals surface area contributed by atoms with Gasteiger partial charge in [-0.25, -0.2) is 9.78 Å². The normalized spacial score (nSPS) is 11.6. The number of hydrogen-bond donors (Lipinski definition) is 2. The van der Waals surface area contributed by atoms with Gasteiger partial charge < -0.3 is 0 Å². The van der Waals surface area contributed by atoms with Gasteiger partial charge in [-0.05, 0) is 39.8 Å². The van der Waals surface area contributed by atoms with Crippen LogP contribution in [0, 0.1) is 23.7 Å². The van der Waals surface area contributed by atoms with E-state index in [1.807, 2.05) is 0 Å². The van der Waals surface area contributed by atoms with Crippen molar-refractivity contribution in [3.63, 3.8) is 0 Å². The van der Waals surface area contributed by atoms with Gasteiger partial charge >= 0.3 is 0 Å². The molecule has 0 aliphatic carbocycles. The van der Waals surface area contributed by atoms with Crippen LogP contribution in [0.15, 0.2) is 12.2 Å². The standard InChI is InChI=1S/C12H16O4/c1-11(2,15-13)9-7-5-6-8-10-12(3,4)16-14/h5-6,13-14H,1-4H3/b6-5-. The molecule has 2 N–H and O–H groups in total. The molecule has 0 spiro atoms. The fourth-order valence-corrected chi connectivity index (χ4v) is 0.560. The SMILES string of the molecule is CC(C)(C#C/C=C\C#CC(C)(C)OO)OO. The first-order valence-electron chi connectivity index (χ1n) is 4.68. The zero-order valence-electron chi connectivity index (χ0n) is 9.87. The third kappa shape index (κ3) is 7.05. The van der Waals surface area contributed by atoms with Gasteiger partial charge in [-0.1, -0.05) is 23.7 Å². The molecule has 0 rings (SSSR count). The van der Waals surface area contributed by atoms with Crippen LogP contribution in [0.25, 0.3) is 0 Å². The Morgan fingerprint density at radius 2 is 1.12 bits per heavy atom. The average molecular weight is 224 g/mol. The molecular formula is C12H16O4. The molecule has 4 heteroatoms. The minimum Gasteiger partial charge on any atom is -0.250 e. The van der Waals surface area contributed by atoms with Gasteiger partial charge in [-0.15, -0.1) is 0 Å². The van der Waals surface area contributed by atoms with Gasteiger partial charge in [-0.3, -0.25) is 10.5 Å². The fraction of sp³-hybridized carbons (Fsp3) is 0.500. The molecule has 0 fully saturated rings. The summed E-state index contributed by atoms with van der Waals surface area (Å²) in [7, 11) is 0. The van der Waals surface area contributed by atoms with Crippen molar-refractivity contribution in [1.82, 2.24) is 0 Å². The number of hydrogen-bond acceptors (Lipinski definition) is 4. The summed E-state index contributed by atoms with van der Waals surface area (Å²) in [6.45, 7) is 6.51. The lowest BCUT2D eigenvalue weighted by Crippen LogP contribution is -2.19. The Morgan fingerprint density at radius 3 is 1.38 bits per heavy atom. The highest BCUT2D eigenvalue weighted by Crippen LogP contribution is 2.04. The molecule has 0 bridgehead atoms. The molecule has 0 aliphatic rings. The molecule has 88 valence electrons. The highest BCUT2D eigenvalue weighted by molar-refractivity contribution is 5.28. The molecule has 16 heavy (non-hydrogen) atoms. The summed E-state index contributed by atoms with van der Waals surface area (Å²) >= 11 is 0. The van der Waals surface area contributed by atoms with Crippen molar-refractivity contribution in [3.05, 3.63) is 12.2 Å². The summed E-state index contributed by atoms with van der Waals surface area (Å²) in [6.07, 6.45) is 3.03. The highest BCUT2D eigenvalue weighted by Gasteiger charge is 2.13. The third-order valence-corrected chi connectivity index (χ3v) is 1.45. The summed E-state index contributed by atoms with van der Waals surface area (Å²) < 4.78 is 0. The van der Waals surface area contributed by atoms with Gasteiger partial charge in [0.15, 0.2) is 11.2 Å². The first-order chi connectivity index (χ1) is 7.33. The summed E-state index contributed by atoms with van der Waals surface area (Å²) in [5.74, 6) is 10.6. The first-order valence-corrected chi connectivity index (χ1v) is 4.68. The maximum atomic E-state index is 8.44. The molecule has 0 radical (unpaired) electrons. The van der Waals surface area contributed by atoms with Crippen LogP contribution in [0.2, 0.25) is 0 Å². The molecule has 0 saturated heterocycles. The molecule has 0 heterocycles. The van der Waals surface area contributed by atoms with E-state index in [2.05, 4.69) is 33.5 Å². The number of allylic oxidation sites excluding steroid dienone is 2. The molecule has 0 aromatic heterocycles. The van der Waals surface area contributed by atoms with E-state index >= 15 is 0 Å². The summed E-state index contributed by atoms with van der Waals surface area (Å²) in [5.41, 5.74) is -1.80. The van der Waals surface area contributed by atoms with E-state index in [1.165, 1.54) is 12.2 Å². The van der Waals surface area contributed by atoms with E-state index in [-0.39, 0.29) is 0 Å². The van der Waals surface area contributed by atoms with Crippen LogP contribution in [-0.4, -0.2) is 21.7 Å². The minimum absolute atomic E-state index is 0.898. The van der Waals surface area contributed by atoms with E-state index in [0.29, 0.717) is 0 Å². The topological polar surface area (TPSA) is 58.9 Å². The lowest BCUT2D eigenvalue weighted by atomic mass is 10.1. The van der Waals surface area contributed by atoms with Crippen molar-refractivity contribution < 1.29 is 20.3 Å². The van der Waals surface area contributed by atoms with Crippen LogP contribution < -0.4 is 0 Å². The Labute approximate surface area is 95.7 Å². The molecule has 0 amide bonds. The zero-order chi connectivity index (χ0) is 12.7. The second-order valence-corrected chi connectivity index (χ2v) is 4.08. The van der Waals surface area contributed by atoms with E-state index in [4.69, 9.17) is 10.5 Å². The van der Waals surface area contributed by atoms with Crippen LogP contribution in [0.3, 0.4) is 0 Å². The molecule has 0 atom stereocenters. The van der Waals surface area contributed by atoms with Gasteiger partial charge in [-0.2, -0.15) is 0 Å². The van der Waals surface area contributed by atoms with Gasteiger partial charge in [0.05, 0.1) is 0 Å². The molecule has 0 aliphatic heterocycles. The van der Waals surface area contributed by atoms with Gasteiger partial charge in [0.1, 0.15) is 0 Å². The largest absolute Gasteiger partial charge is 0.250 e. The van der Waals surface area contributed by atoms with Crippen LogP contribution in [-0.2, 0) is 9.78 Å². The lowest BCUT2D eigenvalue weighted by Gasteiger charge is -2.10. The van der Waals surface area contributed by atoms with Crippen molar-refractivity contribution in [2.75, 3.05) is 0 Å². The quantitative estimate of drug-likeness (QED) is 0.428. The molecule has 0 aromatic rings. The third-order valence-electron chi connectivity index (χ3n) is 1.45. The highest BCUT2D eigenvalue weighted by atomic mass is 17.1. The zero-order valence-corrected chi connectivity index (χ0v) is 9.87. The Hall–Kier alpha value is -1.30. The predicted molar refractivity (Wildman–Crippen MR) is 60.3 cm³/mol.